The molecule has 152 valence electrons. The summed E-state index contributed by atoms with van der Waals surface area (Å²) in [5, 5.41) is 8.13. The topological polar surface area (TPSA) is 55.5 Å². The minimum absolute atomic E-state index is 0.767. The highest BCUT2D eigenvalue weighted by molar-refractivity contribution is 7.99. The van der Waals surface area contributed by atoms with Gasteiger partial charge in [0.15, 0.2) is 5.96 Å². The van der Waals surface area contributed by atoms with Crippen LogP contribution in [0.1, 0.15) is 11.1 Å². The van der Waals surface area contributed by atoms with Crippen LogP contribution in [0.3, 0.4) is 0 Å². The van der Waals surface area contributed by atoms with Crippen molar-refractivity contribution >= 4 is 34.3 Å². The molecule has 6 heteroatoms. The van der Waals surface area contributed by atoms with Gasteiger partial charge in [0.2, 0.25) is 0 Å². The summed E-state index contributed by atoms with van der Waals surface area (Å²) in [4.78, 5) is 10.2. The minimum atomic E-state index is 0.767. The molecular formula is C23H29N5S. The van der Waals surface area contributed by atoms with Crippen LogP contribution in [0.15, 0.2) is 59.7 Å². The fraction of sp³-hybridized carbons (Fsp3) is 0.348. The van der Waals surface area contributed by atoms with Gasteiger partial charge >= 0.3 is 0 Å². The summed E-state index contributed by atoms with van der Waals surface area (Å²) < 4.78 is 0. The van der Waals surface area contributed by atoms with Gasteiger partial charge in [-0.1, -0.05) is 30.3 Å². The van der Waals surface area contributed by atoms with Gasteiger partial charge in [-0.25, -0.2) is 0 Å². The van der Waals surface area contributed by atoms with Crippen LogP contribution in [0.25, 0.3) is 10.9 Å². The Bertz CT molecular complexity index is 941. The Morgan fingerprint density at radius 1 is 1.07 bits per heavy atom. The van der Waals surface area contributed by atoms with E-state index in [4.69, 9.17) is 0 Å². The number of aliphatic imine (C=N–C) groups is 1. The number of nitrogens with one attached hydrogen (secondary N) is 3. The lowest BCUT2D eigenvalue weighted by molar-refractivity contribution is 0.796. The molecule has 1 aromatic heterocycles. The van der Waals surface area contributed by atoms with Gasteiger partial charge in [0, 0.05) is 67.5 Å². The molecule has 1 aliphatic heterocycles. The lowest BCUT2D eigenvalue weighted by atomic mass is 10.1. The van der Waals surface area contributed by atoms with Gasteiger partial charge in [0.05, 0.1) is 0 Å². The molecule has 4 rings (SSSR count). The number of benzene rings is 2. The lowest BCUT2D eigenvalue weighted by Crippen LogP contribution is -2.37. The molecule has 0 spiro atoms. The van der Waals surface area contributed by atoms with Gasteiger partial charge in [0.1, 0.15) is 0 Å². The highest BCUT2D eigenvalue weighted by Gasteiger charge is 2.10. The van der Waals surface area contributed by atoms with Crippen molar-refractivity contribution in [3.05, 3.63) is 65.9 Å². The molecule has 0 unspecified atom stereocenters. The average molecular weight is 408 g/mol. The van der Waals surface area contributed by atoms with Crippen molar-refractivity contribution in [2.75, 3.05) is 43.1 Å². The number of hydrogen-bond acceptors (Lipinski definition) is 3. The number of aromatic amines is 1. The fourth-order valence-electron chi connectivity index (χ4n) is 3.71. The maximum atomic E-state index is 4.35. The third kappa shape index (κ3) is 5.07. The average Bonchev–Trinajstić information content (AvgIpc) is 3.20. The Kier molecular flexibility index (Phi) is 6.62. The Morgan fingerprint density at radius 2 is 1.86 bits per heavy atom. The molecule has 2 aromatic carbocycles. The largest absolute Gasteiger partial charge is 0.370 e. The molecule has 29 heavy (non-hydrogen) atoms. The number of nitrogens with zero attached hydrogens (tertiary/aromatic N) is 2. The molecule has 0 aliphatic carbocycles. The van der Waals surface area contributed by atoms with Gasteiger partial charge < -0.3 is 20.5 Å². The Labute approximate surface area is 177 Å². The Hall–Kier alpha value is -2.60. The summed E-state index contributed by atoms with van der Waals surface area (Å²) in [5.41, 5.74) is 5.11. The molecule has 2 heterocycles. The molecule has 0 saturated carbocycles. The molecule has 3 N–H and O–H groups in total. The number of H-pyrrole nitrogens is 1. The highest BCUT2D eigenvalue weighted by Crippen LogP contribution is 2.20. The van der Waals surface area contributed by atoms with Crippen LogP contribution in [0.2, 0.25) is 0 Å². The zero-order valence-electron chi connectivity index (χ0n) is 16.9. The fourth-order valence-corrected chi connectivity index (χ4v) is 4.61. The first-order valence-electron chi connectivity index (χ1n) is 10.2. The number of anilines is 1. The van der Waals surface area contributed by atoms with Gasteiger partial charge in [0.25, 0.3) is 0 Å². The van der Waals surface area contributed by atoms with Gasteiger partial charge in [-0.2, -0.15) is 11.8 Å². The number of para-hydroxylation sites is 1. The van der Waals surface area contributed by atoms with Crippen molar-refractivity contribution in [1.29, 1.82) is 0 Å². The summed E-state index contributed by atoms with van der Waals surface area (Å²) in [6.45, 7) is 3.90. The van der Waals surface area contributed by atoms with E-state index in [-0.39, 0.29) is 0 Å². The van der Waals surface area contributed by atoms with Crippen LogP contribution in [0, 0.1) is 0 Å². The first kappa shape index (κ1) is 19.7. The Balaban J connectivity index is 1.25. The maximum absolute atomic E-state index is 4.35. The predicted molar refractivity (Wildman–Crippen MR) is 126 cm³/mol. The van der Waals surface area contributed by atoms with E-state index in [0.717, 1.165) is 38.6 Å². The van der Waals surface area contributed by atoms with Crippen molar-refractivity contribution in [1.82, 2.24) is 15.6 Å². The van der Waals surface area contributed by atoms with Crippen LogP contribution in [0.5, 0.6) is 0 Å². The third-order valence-electron chi connectivity index (χ3n) is 5.36. The van der Waals surface area contributed by atoms with Crippen molar-refractivity contribution in [3.8, 4) is 0 Å². The Morgan fingerprint density at radius 3 is 2.66 bits per heavy atom. The summed E-state index contributed by atoms with van der Waals surface area (Å²) in [6.07, 6.45) is 3.05. The van der Waals surface area contributed by atoms with Crippen LogP contribution in [0.4, 0.5) is 5.69 Å². The molecule has 0 amide bonds. The third-order valence-corrected chi connectivity index (χ3v) is 6.30. The molecule has 1 fully saturated rings. The summed E-state index contributed by atoms with van der Waals surface area (Å²) >= 11 is 2.04. The molecule has 5 nitrogen and oxygen atoms in total. The number of hydrogen-bond donors (Lipinski definition) is 3. The second-order valence-electron chi connectivity index (χ2n) is 7.23. The second kappa shape index (κ2) is 9.74. The van der Waals surface area contributed by atoms with Gasteiger partial charge in [-0.3, -0.25) is 4.99 Å². The highest BCUT2D eigenvalue weighted by atomic mass is 32.2. The standard InChI is InChI=1S/C23H29N5S/c1-24-23(25-11-10-19-17-26-22-5-3-2-4-21(19)22)27-16-18-6-8-20(9-7-18)28-12-14-29-15-13-28/h2-9,17,26H,10-16H2,1H3,(H2,24,25,27). The second-order valence-corrected chi connectivity index (χ2v) is 8.45. The predicted octanol–water partition coefficient (Wildman–Crippen LogP) is 3.63. The van der Waals surface area contributed by atoms with E-state index in [1.807, 2.05) is 18.8 Å². The maximum Gasteiger partial charge on any atom is 0.191 e. The van der Waals surface area contributed by atoms with Gasteiger partial charge in [-0.15, -0.1) is 0 Å². The van der Waals surface area contributed by atoms with Crippen LogP contribution >= 0.6 is 11.8 Å². The van der Waals surface area contributed by atoms with Crippen molar-refractivity contribution in [3.63, 3.8) is 0 Å². The van der Waals surface area contributed by atoms with Crippen LogP contribution in [-0.4, -0.2) is 49.1 Å². The molecule has 1 aliphatic rings. The van der Waals surface area contributed by atoms with Crippen molar-refractivity contribution < 1.29 is 0 Å². The number of thioether (sulfide) groups is 1. The lowest BCUT2D eigenvalue weighted by Gasteiger charge is -2.28. The monoisotopic (exact) mass is 407 g/mol. The van der Waals surface area contributed by atoms with E-state index >= 15 is 0 Å². The number of guanidine groups is 1. The molecule has 3 aromatic rings. The first-order chi connectivity index (χ1) is 14.3. The molecule has 0 atom stereocenters. The summed E-state index contributed by atoms with van der Waals surface area (Å²) in [7, 11) is 1.82. The molecule has 0 radical (unpaired) electrons. The number of fused-ring (bicyclic) bond motifs is 1. The molecular weight excluding hydrogens is 378 g/mol. The smallest absolute Gasteiger partial charge is 0.191 e. The molecule has 0 bridgehead atoms. The van der Waals surface area contributed by atoms with E-state index < -0.39 is 0 Å². The minimum Gasteiger partial charge on any atom is -0.370 e. The normalized spacial score (nSPS) is 14.9. The van der Waals surface area contributed by atoms with E-state index in [2.05, 4.69) is 80.2 Å². The van der Waals surface area contributed by atoms with E-state index in [9.17, 15) is 0 Å². The zero-order valence-corrected chi connectivity index (χ0v) is 17.8. The van der Waals surface area contributed by atoms with E-state index in [1.165, 1.54) is 39.2 Å². The van der Waals surface area contributed by atoms with E-state index in [1.54, 1.807) is 0 Å². The number of aromatic nitrogens is 1. The SMILES string of the molecule is CN=C(NCCc1c[nH]c2ccccc12)NCc1ccc(N2CCSCC2)cc1. The van der Waals surface area contributed by atoms with E-state index in [0.29, 0.717) is 0 Å². The zero-order chi connectivity index (χ0) is 19.9. The van der Waals surface area contributed by atoms with Crippen LogP contribution < -0.4 is 15.5 Å². The van der Waals surface area contributed by atoms with Crippen molar-refractivity contribution in [2.24, 2.45) is 4.99 Å². The molecule has 1 saturated heterocycles. The number of rotatable bonds is 6. The van der Waals surface area contributed by atoms with Crippen molar-refractivity contribution in [2.45, 2.75) is 13.0 Å². The summed E-state index contributed by atoms with van der Waals surface area (Å²) in [5.74, 6) is 3.29. The summed E-state index contributed by atoms with van der Waals surface area (Å²) in [6, 6.07) is 17.3. The van der Waals surface area contributed by atoms with Gasteiger partial charge in [-0.05, 0) is 35.7 Å². The first-order valence-corrected chi connectivity index (χ1v) is 11.4. The van der Waals surface area contributed by atoms with Crippen LogP contribution in [-0.2, 0) is 13.0 Å². The quantitative estimate of drug-likeness (QED) is 0.431.